The third-order valence-electron chi connectivity index (χ3n) is 5.08. The molecule has 0 aliphatic carbocycles. The van der Waals surface area contributed by atoms with E-state index in [0.29, 0.717) is 6.04 Å². The lowest BCUT2D eigenvalue weighted by atomic mass is 10.2. The highest BCUT2D eigenvalue weighted by Gasteiger charge is 2.24. The number of nitrogens with zero attached hydrogens (tertiary/aromatic N) is 2. The number of rotatable bonds is 7. The van der Waals surface area contributed by atoms with Gasteiger partial charge in [0.1, 0.15) is 5.75 Å². The van der Waals surface area contributed by atoms with Gasteiger partial charge in [0.25, 0.3) is 0 Å². The molecule has 0 radical (unpaired) electrons. The predicted molar refractivity (Wildman–Crippen MR) is 126 cm³/mol. The van der Waals surface area contributed by atoms with Crippen molar-refractivity contribution < 1.29 is 4.74 Å². The van der Waals surface area contributed by atoms with Crippen LogP contribution in [0.25, 0.3) is 0 Å². The van der Waals surface area contributed by atoms with Gasteiger partial charge in [0.2, 0.25) is 0 Å². The molecule has 1 unspecified atom stereocenters. The number of ether oxygens (including phenoxy) is 1. The number of likely N-dealkylation sites (tertiary alicyclic amines) is 1. The van der Waals surface area contributed by atoms with Gasteiger partial charge in [-0.25, -0.2) is 0 Å². The molecule has 1 saturated heterocycles. The van der Waals surface area contributed by atoms with Crippen molar-refractivity contribution in [2.75, 3.05) is 27.2 Å². The third kappa shape index (κ3) is 6.67. The summed E-state index contributed by atoms with van der Waals surface area (Å²) in [5, 5.41) is 6.88. The second-order valence-electron chi connectivity index (χ2n) is 6.91. The van der Waals surface area contributed by atoms with Gasteiger partial charge in [0.05, 0.1) is 7.11 Å². The predicted octanol–water partition coefficient (Wildman–Crippen LogP) is 3.64. The first kappa shape index (κ1) is 22.5. The zero-order valence-electron chi connectivity index (χ0n) is 16.7. The van der Waals surface area contributed by atoms with Crippen LogP contribution in [0.4, 0.5) is 0 Å². The molecular weight excluding hydrogens is 463 g/mol. The number of hydrogen-bond donors (Lipinski definition) is 2. The van der Waals surface area contributed by atoms with Crippen LogP contribution in [0.1, 0.15) is 24.0 Å². The molecule has 0 amide bonds. The number of hydrogen-bond acceptors (Lipinski definition) is 3. The molecular formula is C22H31IN4O. The van der Waals surface area contributed by atoms with Crippen LogP contribution in [0.3, 0.4) is 0 Å². The van der Waals surface area contributed by atoms with E-state index in [-0.39, 0.29) is 24.0 Å². The first-order chi connectivity index (χ1) is 13.3. The second kappa shape index (κ2) is 11.9. The van der Waals surface area contributed by atoms with Gasteiger partial charge in [-0.1, -0.05) is 42.5 Å². The molecule has 0 aromatic heterocycles. The summed E-state index contributed by atoms with van der Waals surface area (Å²) in [5.41, 5.74) is 2.58. The average Bonchev–Trinajstić information content (AvgIpc) is 3.16. The van der Waals surface area contributed by atoms with E-state index in [4.69, 9.17) is 4.74 Å². The standard InChI is InChI=1S/C22H30N4O.HI/c1-23-22(24-15-18-10-12-21(27-2)13-11-18)25-16-20-9-6-14-26(20)17-19-7-4-3-5-8-19;/h3-5,7-8,10-13,20H,6,9,14-17H2,1-2H3,(H2,23,24,25);1H. The van der Waals surface area contributed by atoms with Gasteiger partial charge in [0.15, 0.2) is 5.96 Å². The molecule has 1 aliphatic heterocycles. The summed E-state index contributed by atoms with van der Waals surface area (Å²) < 4.78 is 5.20. The van der Waals surface area contributed by atoms with E-state index in [9.17, 15) is 0 Å². The third-order valence-corrected chi connectivity index (χ3v) is 5.08. The molecule has 2 aromatic rings. The van der Waals surface area contributed by atoms with Gasteiger partial charge in [0, 0.05) is 32.7 Å². The highest BCUT2D eigenvalue weighted by Crippen LogP contribution is 2.19. The molecule has 0 spiro atoms. The monoisotopic (exact) mass is 494 g/mol. The summed E-state index contributed by atoms with van der Waals surface area (Å²) in [7, 11) is 3.50. The van der Waals surface area contributed by atoms with E-state index in [1.54, 1.807) is 7.11 Å². The number of aliphatic imine (C=N–C) groups is 1. The Hall–Kier alpha value is -1.80. The van der Waals surface area contributed by atoms with Crippen molar-refractivity contribution in [2.24, 2.45) is 4.99 Å². The maximum atomic E-state index is 5.20. The number of benzene rings is 2. The molecule has 1 heterocycles. The minimum absolute atomic E-state index is 0. The topological polar surface area (TPSA) is 48.9 Å². The molecule has 2 aromatic carbocycles. The molecule has 28 heavy (non-hydrogen) atoms. The maximum absolute atomic E-state index is 5.20. The van der Waals surface area contributed by atoms with Crippen LogP contribution in [0, 0.1) is 0 Å². The molecule has 1 atom stereocenters. The minimum Gasteiger partial charge on any atom is -0.497 e. The number of nitrogens with one attached hydrogen (secondary N) is 2. The van der Waals surface area contributed by atoms with Crippen molar-refractivity contribution in [2.45, 2.75) is 32.0 Å². The van der Waals surface area contributed by atoms with Crippen LogP contribution in [0.5, 0.6) is 5.75 Å². The number of guanidine groups is 1. The van der Waals surface area contributed by atoms with Crippen LogP contribution in [-0.4, -0.2) is 44.1 Å². The SMILES string of the molecule is CN=C(NCc1ccc(OC)cc1)NCC1CCCN1Cc1ccccc1.I. The molecule has 6 heteroatoms. The summed E-state index contributed by atoms with van der Waals surface area (Å²) >= 11 is 0. The fourth-order valence-electron chi connectivity index (χ4n) is 3.52. The van der Waals surface area contributed by atoms with Gasteiger partial charge >= 0.3 is 0 Å². The molecule has 5 nitrogen and oxygen atoms in total. The van der Waals surface area contributed by atoms with E-state index in [1.165, 1.54) is 30.5 Å². The second-order valence-corrected chi connectivity index (χ2v) is 6.91. The molecule has 0 bridgehead atoms. The largest absolute Gasteiger partial charge is 0.497 e. The van der Waals surface area contributed by atoms with Crippen LogP contribution >= 0.6 is 24.0 Å². The zero-order chi connectivity index (χ0) is 18.9. The van der Waals surface area contributed by atoms with E-state index >= 15 is 0 Å². The Morgan fingerprint density at radius 2 is 1.82 bits per heavy atom. The van der Waals surface area contributed by atoms with Crippen molar-refractivity contribution in [3.8, 4) is 5.75 Å². The van der Waals surface area contributed by atoms with E-state index in [1.807, 2.05) is 19.2 Å². The van der Waals surface area contributed by atoms with Crippen molar-refractivity contribution >= 4 is 29.9 Å². The van der Waals surface area contributed by atoms with Gasteiger partial charge < -0.3 is 15.4 Å². The molecule has 0 saturated carbocycles. The Bertz CT molecular complexity index is 721. The van der Waals surface area contributed by atoms with Crippen molar-refractivity contribution in [1.29, 1.82) is 0 Å². The van der Waals surface area contributed by atoms with Gasteiger partial charge in [-0.15, -0.1) is 24.0 Å². The normalized spacial score (nSPS) is 17.1. The minimum atomic E-state index is 0. The van der Waals surface area contributed by atoms with E-state index < -0.39 is 0 Å². The van der Waals surface area contributed by atoms with Gasteiger partial charge in [-0.05, 0) is 42.6 Å². The first-order valence-corrected chi connectivity index (χ1v) is 9.64. The smallest absolute Gasteiger partial charge is 0.191 e. The quantitative estimate of drug-likeness (QED) is 0.351. The summed E-state index contributed by atoms with van der Waals surface area (Å²) in [4.78, 5) is 6.93. The molecule has 3 rings (SSSR count). The summed E-state index contributed by atoms with van der Waals surface area (Å²) in [6.07, 6.45) is 2.49. The Labute approximate surface area is 185 Å². The molecule has 152 valence electrons. The Kier molecular flexibility index (Phi) is 9.57. The number of halogens is 1. The lowest BCUT2D eigenvalue weighted by Gasteiger charge is -2.25. The van der Waals surface area contributed by atoms with E-state index in [2.05, 4.69) is 63.0 Å². The van der Waals surface area contributed by atoms with Gasteiger partial charge in [-0.2, -0.15) is 0 Å². The molecule has 1 fully saturated rings. The van der Waals surface area contributed by atoms with Crippen LogP contribution in [0.15, 0.2) is 59.6 Å². The number of methoxy groups -OCH3 is 1. The summed E-state index contributed by atoms with van der Waals surface area (Å²) in [6.45, 7) is 3.83. The van der Waals surface area contributed by atoms with Gasteiger partial charge in [-0.3, -0.25) is 9.89 Å². The highest BCUT2D eigenvalue weighted by atomic mass is 127. The zero-order valence-corrected chi connectivity index (χ0v) is 19.1. The molecule has 2 N–H and O–H groups in total. The maximum Gasteiger partial charge on any atom is 0.191 e. The van der Waals surface area contributed by atoms with E-state index in [0.717, 1.165) is 31.3 Å². The summed E-state index contributed by atoms with van der Waals surface area (Å²) in [5.74, 6) is 1.72. The Morgan fingerprint density at radius 1 is 1.07 bits per heavy atom. The molecule has 1 aliphatic rings. The van der Waals surface area contributed by atoms with Crippen molar-refractivity contribution in [3.63, 3.8) is 0 Å². The van der Waals surface area contributed by atoms with Crippen molar-refractivity contribution in [3.05, 3.63) is 65.7 Å². The lowest BCUT2D eigenvalue weighted by Crippen LogP contribution is -2.44. The lowest BCUT2D eigenvalue weighted by molar-refractivity contribution is 0.245. The Morgan fingerprint density at radius 3 is 2.50 bits per heavy atom. The first-order valence-electron chi connectivity index (χ1n) is 9.64. The fourth-order valence-corrected chi connectivity index (χ4v) is 3.52. The van der Waals surface area contributed by atoms with Crippen LogP contribution < -0.4 is 15.4 Å². The Balaban J connectivity index is 0.00000280. The average molecular weight is 494 g/mol. The van der Waals surface area contributed by atoms with Crippen LogP contribution in [0.2, 0.25) is 0 Å². The van der Waals surface area contributed by atoms with Crippen molar-refractivity contribution in [1.82, 2.24) is 15.5 Å². The fraction of sp³-hybridized carbons (Fsp3) is 0.409. The summed E-state index contributed by atoms with van der Waals surface area (Å²) in [6, 6.07) is 19.4. The van der Waals surface area contributed by atoms with Crippen LogP contribution in [-0.2, 0) is 13.1 Å². The highest BCUT2D eigenvalue weighted by molar-refractivity contribution is 14.0.